The number of carbonyl (C=O) groups excluding carboxylic acids is 2. The van der Waals surface area contributed by atoms with Gasteiger partial charge in [-0.1, -0.05) is 6.07 Å². The Morgan fingerprint density at radius 2 is 1.72 bits per heavy atom. The first kappa shape index (κ1) is 17.9. The molecule has 0 radical (unpaired) electrons. The van der Waals surface area contributed by atoms with Crippen LogP contribution in [0.4, 0.5) is 5.69 Å². The van der Waals surface area contributed by atoms with Crippen molar-refractivity contribution in [3.63, 3.8) is 0 Å². The van der Waals surface area contributed by atoms with E-state index in [-0.39, 0.29) is 22.6 Å². The van der Waals surface area contributed by atoms with Crippen LogP contribution in [-0.4, -0.2) is 43.4 Å². The number of ether oxygens (including phenoxy) is 3. The third-order valence-electron chi connectivity index (χ3n) is 3.44. The molecular formula is C17H17NO7. The van der Waals surface area contributed by atoms with Crippen molar-refractivity contribution in [1.29, 1.82) is 0 Å². The number of phenolic OH excluding ortho intramolecular Hbond substituents is 2. The fraction of sp³-hybridized carbons (Fsp3) is 0.176. The summed E-state index contributed by atoms with van der Waals surface area (Å²) in [5.41, 5.74) is -0.236. The van der Waals surface area contributed by atoms with Crippen LogP contribution in [-0.2, 0) is 4.74 Å². The number of phenols is 2. The molecule has 132 valence electrons. The zero-order chi connectivity index (χ0) is 18.6. The average molecular weight is 347 g/mol. The number of aromatic hydroxyl groups is 2. The third-order valence-corrected chi connectivity index (χ3v) is 3.44. The van der Waals surface area contributed by atoms with Gasteiger partial charge in [-0.25, -0.2) is 4.79 Å². The van der Waals surface area contributed by atoms with E-state index >= 15 is 0 Å². The zero-order valence-electron chi connectivity index (χ0n) is 13.8. The van der Waals surface area contributed by atoms with Crippen LogP contribution in [0.25, 0.3) is 0 Å². The quantitative estimate of drug-likeness (QED) is 0.431. The van der Waals surface area contributed by atoms with Gasteiger partial charge in [-0.05, 0) is 24.3 Å². The number of para-hydroxylation sites is 1. The fourth-order valence-electron chi connectivity index (χ4n) is 2.25. The van der Waals surface area contributed by atoms with Gasteiger partial charge in [0.15, 0.2) is 23.0 Å². The van der Waals surface area contributed by atoms with Crippen LogP contribution in [0.3, 0.4) is 0 Å². The second kappa shape index (κ2) is 7.43. The molecule has 0 unspecified atom stereocenters. The molecule has 0 bridgehead atoms. The highest BCUT2D eigenvalue weighted by molar-refractivity contribution is 6.10. The van der Waals surface area contributed by atoms with Crippen molar-refractivity contribution in [3.05, 3.63) is 41.5 Å². The third kappa shape index (κ3) is 3.42. The minimum absolute atomic E-state index is 0.0305. The zero-order valence-corrected chi connectivity index (χ0v) is 13.8. The Hall–Kier alpha value is -3.42. The molecule has 25 heavy (non-hydrogen) atoms. The van der Waals surface area contributed by atoms with Gasteiger partial charge >= 0.3 is 5.97 Å². The maximum absolute atomic E-state index is 12.6. The van der Waals surface area contributed by atoms with E-state index in [1.165, 1.54) is 26.4 Å². The van der Waals surface area contributed by atoms with Crippen LogP contribution >= 0.6 is 0 Å². The summed E-state index contributed by atoms with van der Waals surface area (Å²) >= 11 is 0. The summed E-state index contributed by atoms with van der Waals surface area (Å²) in [4.78, 5) is 24.4. The number of hydrogen-bond acceptors (Lipinski definition) is 7. The number of hydrogen-bond donors (Lipinski definition) is 3. The van der Waals surface area contributed by atoms with Gasteiger partial charge in [0.25, 0.3) is 5.91 Å². The maximum Gasteiger partial charge on any atom is 0.343 e. The first-order chi connectivity index (χ1) is 11.9. The van der Waals surface area contributed by atoms with E-state index in [4.69, 9.17) is 9.47 Å². The molecule has 0 saturated heterocycles. The van der Waals surface area contributed by atoms with E-state index in [9.17, 15) is 19.8 Å². The van der Waals surface area contributed by atoms with Crippen molar-refractivity contribution >= 4 is 17.6 Å². The largest absolute Gasteiger partial charge is 0.504 e. The number of methoxy groups -OCH3 is 3. The smallest absolute Gasteiger partial charge is 0.343 e. The molecule has 0 fully saturated rings. The molecule has 0 aliphatic carbocycles. The molecule has 0 aliphatic heterocycles. The maximum atomic E-state index is 12.6. The minimum Gasteiger partial charge on any atom is -0.504 e. The lowest BCUT2D eigenvalue weighted by Gasteiger charge is -2.15. The Bertz CT molecular complexity index is 817. The molecule has 2 aromatic carbocycles. The minimum atomic E-state index is -0.915. The van der Waals surface area contributed by atoms with E-state index in [2.05, 4.69) is 10.1 Å². The summed E-state index contributed by atoms with van der Waals surface area (Å²) in [5, 5.41) is 22.0. The summed E-state index contributed by atoms with van der Waals surface area (Å²) in [6.45, 7) is 0. The lowest BCUT2D eigenvalue weighted by atomic mass is 10.1. The van der Waals surface area contributed by atoms with E-state index < -0.39 is 23.4 Å². The summed E-state index contributed by atoms with van der Waals surface area (Å²) in [7, 11) is 3.94. The van der Waals surface area contributed by atoms with Gasteiger partial charge in [-0.15, -0.1) is 0 Å². The average Bonchev–Trinajstić information content (AvgIpc) is 2.63. The number of amides is 1. The standard InChI is InChI=1S/C17H17NO7/c1-23-12-6-4-5-9(15(12)24-2)16(21)18-10-7-8-11(19)14(20)13(10)17(22)25-3/h4-8,19-20H,1-3H3,(H,18,21). The Kier molecular flexibility index (Phi) is 5.33. The van der Waals surface area contributed by atoms with Crippen molar-refractivity contribution in [1.82, 2.24) is 0 Å². The molecule has 0 atom stereocenters. The molecule has 2 rings (SSSR count). The lowest BCUT2D eigenvalue weighted by Crippen LogP contribution is -2.16. The molecule has 0 aliphatic rings. The molecule has 2 aromatic rings. The van der Waals surface area contributed by atoms with Gasteiger partial charge in [-0.3, -0.25) is 4.79 Å². The van der Waals surface area contributed by atoms with Gasteiger partial charge in [0, 0.05) is 0 Å². The molecule has 8 heteroatoms. The van der Waals surface area contributed by atoms with Crippen LogP contribution in [0.15, 0.2) is 30.3 Å². The predicted molar refractivity (Wildman–Crippen MR) is 88.6 cm³/mol. The Balaban J connectivity index is 2.46. The SMILES string of the molecule is COC(=O)c1c(NC(=O)c2cccc(OC)c2OC)ccc(O)c1O. The van der Waals surface area contributed by atoms with E-state index in [1.807, 2.05) is 0 Å². The highest BCUT2D eigenvalue weighted by Gasteiger charge is 2.23. The Labute approximate surface area is 143 Å². The van der Waals surface area contributed by atoms with Crippen molar-refractivity contribution in [2.45, 2.75) is 0 Å². The first-order valence-corrected chi connectivity index (χ1v) is 7.10. The summed E-state index contributed by atoms with van der Waals surface area (Å²) < 4.78 is 14.9. The molecular weight excluding hydrogens is 330 g/mol. The monoisotopic (exact) mass is 347 g/mol. The van der Waals surface area contributed by atoms with Gasteiger partial charge in [0.2, 0.25) is 0 Å². The number of rotatable bonds is 5. The second-order valence-electron chi connectivity index (χ2n) is 4.84. The fourth-order valence-corrected chi connectivity index (χ4v) is 2.25. The van der Waals surface area contributed by atoms with Crippen molar-refractivity contribution in [2.24, 2.45) is 0 Å². The van der Waals surface area contributed by atoms with Gasteiger partial charge in [0.05, 0.1) is 32.6 Å². The second-order valence-corrected chi connectivity index (χ2v) is 4.84. The molecule has 1 amide bonds. The number of anilines is 1. The normalized spacial score (nSPS) is 10.0. The molecule has 0 aromatic heterocycles. The number of nitrogens with one attached hydrogen (secondary N) is 1. The van der Waals surface area contributed by atoms with Gasteiger partial charge < -0.3 is 29.7 Å². The highest BCUT2D eigenvalue weighted by atomic mass is 16.5. The molecule has 8 nitrogen and oxygen atoms in total. The Morgan fingerprint density at radius 3 is 2.32 bits per heavy atom. The molecule has 0 spiro atoms. The van der Waals surface area contributed by atoms with Crippen molar-refractivity contribution < 1.29 is 34.0 Å². The van der Waals surface area contributed by atoms with Crippen LogP contribution in [0.2, 0.25) is 0 Å². The van der Waals surface area contributed by atoms with Crippen LogP contribution in [0.1, 0.15) is 20.7 Å². The van der Waals surface area contributed by atoms with Gasteiger partial charge in [0.1, 0.15) is 5.56 Å². The van der Waals surface area contributed by atoms with Crippen LogP contribution in [0, 0.1) is 0 Å². The number of benzene rings is 2. The topological polar surface area (TPSA) is 114 Å². The van der Waals surface area contributed by atoms with Crippen LogP contribution < -0.4 is 14.8 Å². The van der Waals surface area contributed by atoms with E-state index in [1.54, 1.807) is 12.1 Å². The summed E-state index contributed by atoms with van der Waals surface area (Å²) in [6.07, 6.45) is 0. The highest BCUT2D eigenvalue weighted by Crippen LogP contribution is 2.36. The summed E-state index contributed by atoms with van der Waals surface area (Å²) in [5.74, 6) is -2.16. The predicted octanol–water partition coefficient (Wildman–Crippen LogP) is 2.15. The van der Waals surface area contributed by atoms with Crippen molar-refractivity contribution in [3.8, 4) is 23.0 Å². The van der Waals surface area contributed by atoms with Crippen molar-refractivity contribution in [2.75, 3.05) is 26.6 Å². The molecule has 3 N–H and O–H groups in total. The number of esters is 1. The Morgan fingerprint density at radius 1 is 1.00 bits per heavy atom. The number of carbonyl (C=O) groups is 2. The molecule has 0 saturated carbocycles. The van der Waals surface area contributed by atoms with Crippen LogP contribution in [0.5, 0.6) is 23.0 Å². The first-order valence-electron chi connectivity index (χ1n) is 7.10. The lowest BCUT2D eigenvalue weighted by molar-refractivity contribution is 0.0598. The summed E-state index contributed by atoms with van der Waals surface area (Å²) in [6, 6.07) is 7.15. The van der Waals surface area contributed by atoms with E-state index in [0.29, 0.717) is 5.75 Å². The van der Waals surface area contributed by atoms with Gasteiger partial charge in [-0.2, -0.15) is 0 Å². The van der Waals surface area contributed by atoms with E-state index in [0.717, 1.165) is 13.2 Å². The molecule has 0 heterocycles.